The third-order valence-corrected chi connectivity index (χ3v) is 7.33. The van der Waals surface area contributed by atoms with E-state index < -0.39 is 10.0 Å². The van der Waals surface area contributed by atoms with Crippen LogP contribution in [0.25, 0.3) is 0 Å². The summed E-state index contributed by atoms with van der Waals surface area (Å²) in [5, 5.41) is 0. The molecule has 6 nitrogen and oxygen atoms in total. The maximum atomic E-state index is 12.4. The summed E-state index contributed by atoms with van der Waals surface area (Å²) in [6.07, 6.45) is 1.35. The highest BCUT2D eigenvalue weighted by molar-refractivity contribution is 7.88. The van der Waals surface area contributed by atoms with Crippen LogP contribution in [0.1, 0.15) is 11.6 Å². The van der Waals surface area contributed by atoms with Crippen LogP contribution in [0.15, 0.2) is 30.3 Å². The van der Waals surface area contributed by atoms with Crippen LogP contribution in [0.3, 0.4) is 0 Å². The average molecular weight is 380 g/mol. The van der Waals surface area contributed by atoms with Gasteiger partial charge in [-0.05, 0) is 17.4 Å². The van der Waals surface area contributed by atoms with Crippen LogP contribution >= 0.6 is 0 Å². The molecule has 0 aliphatic carbocycles. The normalized spacial score (nSPS) is 31.3. The molecule has 144 valence electrons. The van der Waals surface area contributed by atoms with Crippen molar-refractivity contribution in [2.24, 2.45) is 11.8 Å². The first-order chi connectivity index (χ1) is 12.5. The molecule has 7 heteroatoms. The second-order valence-electron chi connectivity index (χ2n) is 7.83. The number of morpholine rings is 1. The lowest BCUT2D eigenvalue weighted by Gasteiger charge is -2.30. The molecule has 3 saturated heterocycles. The van der Waals surface area contributed by atoms with Crippen LogP contribution in [0.4, 0.5) is 0 Å². The van der Waals surface area contributed by atoms with Gasteiger partial charge in [0.1, 0.15) is 0 Å². The minimum absolute atomic E-state index is 0.0235. The van der Waals surface area contributed by atoms with Crippen molar-refractivity contribution in [1.82, 2.24) is 14.1 Å². The molecule has 3 aliphatic heterocycles. The zero-order valence-corrected chi connectivity index (χ0v) is 16.3. The predicted molar refractivity (Wildman–Crippen MR) is 101 cm³/mol. The molecular weight excluding hydrogens is 350 g/mol. The van der Waals surface area contributed by atoms with E-state index in [2.05, 4.69) is 21.9 Å². The molecule has 0 amide bonds. The van der Waals surface area contributed by atoms with Crippen molar-refractivity contribution in [3.05, 3.63) is 35.9 Å². The summed E-state index contributed by atoms with van der Waals surface area (Å²) >= 11 is 0. The molecule has 3 heterocycles. The fourth-order valence-electron chi connectivity index (χ4n) is 4.79. The molecule has 3 aliphatic rings. The van der Waals surface area contributed by atoms with Crippen molar-refractivity contribution in [1.29, 1.82) is 0 Å². The average Bonchev–Trinajstić information content (AvgIpc) is 3.19. The first-order valence-electron chi connectivity index (χ1n) is 9.56. The van der Waals surface area contributed by atoms with E-state index >= 15 is 0 Å². The first-order valence-corrected chi connectivity index (χ1v) is 11.4. The summed E-state index contributed by atoms with van der Waals surface area (Å²) in [7, 11) is -3.20. The van der Waals surface area contributed by atoms with Gasteiger partial charge in [0.15, 0.2) is 0 Å². The molecule has 3 atom stereocenters. The molecule has 0 spiro atoms. The number of benzene rings is 1. The van der Waals surface area contributed by atoms with Crippen molar-refractivity contribution in [2.75, 3.05) is 65.3 Å². The Kier molecular flexibility index (Phi) is 5.34. The summed E-state index contributed by atoms with van der Waals surface area (Å²) in [5.41, 5.74) is 1.13. The number of hydrogen-bond donors (Lipinski definition) is 0. The maximum Gasteiger partial charge on any atom is 0.211 e. The molecule has 26 heavy (non-hydrogen) atoms. The fourth-order valence-corrected chi connectivity index (χ4v) is 5.95. The van der Waals surface area contributed by atoms with E-state index in [1.807, 2.05) is 18.2 Å². The van der Waals surface area contributed by atoms with Crippen molar-refractivity contribution >= 4 is 10.0 Å². The van der Waals surface area contributed by atoms with E-state index in [1.54, 1.807) is 4.31 Å². The Morgan fingerprint density at radius 2 is 1.69 bits per heavy atom. The SMILES string of the molecule is CS(=O)(=O)N1C[C@H]2CN(CCN3CCOCC3)C[C@H]2[C@@H]1c1ccccc1. The predicted octanol–water partition coefficient (Wildman–Crippen LogP) is 0.883. The van der Waals surface area contributed by atoms with Crippen LogP contribution < -0.4 is 0 Å². The Hall–Kier alpha value is -0.990. The van der Waals surface area contributed by atoms with Gasteiger partial charge in [-0.15, -0.1) is 0 Å². The van der Waals surface area contributed by atoms with Gasteiger partial charge in [-0.25, -0.2) is 8.42 Å². The third kappa shape index (κ3) is 3.82. The van der Waals surface area contributed by atoms with Gasteiger partial charge in [-0.2, -0.15) is 4.31 Å². The van der Waals surface area contributed by atoms with Gasteiger partial charge in [-0.3, -0.25) is 4.90 Å². The fraction of sp³-hybridized carbons (Fsp3) is 0.684. The molecule has 0 aromatic heterocycles. The van der Waals surface area contributed by atoms with Crippen LogP contribution in [-0.2, 0) is 14.8 Å². The zero-order valence-electron chi connectivity index (χ0n) is 15.5. The summed E-state index contributed by atoms with van der Waals surface area (Å²) in [5.74, 6) is 0.816. The minimum atomic E-state index is -3.20. The molecule has 0 radical (unpaired) electrons. The van der Waals surface area contributed by atoms with Crippen molar-refractivity contribution < 1.29 is 13.2 Å². The zero-order chi connectivity index (χ0) is 18.1. The lowest BCUT2D eigenvalue weighted by molar-refractivity contribution is 0.0339. The van der Waals surface area contributed by atoms with E-state index in [0.717, 1.165) is 58.0 Å². The largest absolute Gasteiger partial charge is 0.379 e. The molecule has 0 unspecified atom stereocenters. The van der Waals surface area contributed by atoms with Gasteiger partial charge in [0.25, 0.3) is 0 Å². The van der Waals surface area contributed by atoms with Gasteiger partial charge in [0.05, 0.1) is 25.5 Å². The molecule has 3 fully saturated rings. The van der Waals surface area contributed by atoms with Crippen LogP contribution in [0.2, 0.25) is 0 Å². The second-order valence-corrected chi connectivity index (χ2v) is 9.76. The summed E-state index contributed by atoms with van der Waals surface area (Å²) in [6, 6.07) is 10.1. The van der Waals surface area contributed by atoms with E-state index in [0.29, 0.717) is 18.4 Å². The lowest BCUT2D eigenvalue weighted by atomic mass is 9.90. The molecule has 0 saturated carbocycles. The molecule has 0 bridgehead atoms. The van der Waals surface area contributed by atoms with Crippen LogP contribution in [0.5, 0.6) is 0 Å². The van der Waals surface area contributed by atoms with Crippen molar-refractivity contribution in [2.45, 2.75) is 6.04 Å². The number of rotatable bonds is 5. The number of sulfonamides is 1. The first kappa shape index (κ1) is 18.4. The summed E-state index contributed by atoms with van der Waals surface area (Å²) in [6.45, 7) is 8.50. The molecule has 1 aromatic rings. The quantitative estimate of drug-likeness (QED) is 0.760. The van der Waals surface area contributed by atoms with Gasteiger partial charge in [0, 0.05) is 45.8 Å². The van der Waals surface area contributed by atoms with E-state index in [4.69, 9.17) is 4.74 Å². The minimum Gasteiger partial charge on any atom is -0.379 e. The topological polar surface area (TPSA) is 53.1 Å². The van der Waals surface area contributed by atoms with Gasteiger partial charge < -0.3 is 9.64 Å². The van der Waals surface area contributed by atoms with E-state index in [9.17, 15) is 8.42 Å². The standard InChI is InChI=1S/C19H29N3O3S/c1-26(23,24)22-14-17-13-21(8-7-20-9-11-25-12-10-20)15-18(17)19(22)16-5-3-2-4-6-16/h2-6,17-19H,7-15H2,1H3/t17-,18-,19+/m1/s1. The van der Waals surface area contributed by atoms with Gasteiger partial charge in [0.2, 0.25) is 10.0 Å². The third-order valence-electron chi connectivity index (χ3n) is 6.10. The van der Waals surface area contributed by atoms with E-state index in [1.165, 1.54) is 6.26 Å². The maximum absolute atomic E-state index is 12.4. The van der Waals surface area contributed by atoms with Crippen molar-refractivity contribution in [3.8, 4) is 0 Å². The Morgan fingerprint density at radius 3 is 2.38 bits per heavy atom. The van der Waals surface area contributed by atoms with Gasteiger partial charge >= 0.3 is 0 Å². The van der Waals surface area contributed by atoms with Crippen LogP contribution in [-0.4, -0.2) is 87.8 Å². The second kappa shape index (κ2) is 7.56. The highest BCUT2D eigenvalue weighted by Gasteiger charge is 2.50. The Morgan fingerprint density at radius 1 is 1.00 bits per heavy atom. The monoisotopic (exact) mass is 379 g/mol. The lowest BCUT2D eigenvalue weighted by Crippen LogP contribution is -2.42. The Bertz CT molecular complexity index is 706. The highest BCUT2D eigenvalue weighted by atomic mass is 32.2. The van der Waals surface area contributed by atoms with Crippen LogP contribution in [0, 0.1) is 11.8 Å². The number of ether oxygens (including phenoxy) is 1. The van der Waals surface area contributed by atoms with Crippen molar-refractivity contribution in [3.63, 3.8) is 0 Å². The number of nitrogens with zero attached hydrogens (tertiary/aromatic N) is 3. The number of fused-ring (bicyclic) bond motifs is 1. The molecular formula is C19H29N3O3S. The number of likely N-dealkylation sites (tertiary alicyclic amines) is 1. The Balaban J connectivity index is 1.45. The van der Waals surface area contributed by atoms with Gasteiger partial charge in [-0.1, -0.05) is 30.3 Å². The number of hydrogen-bond acceptors (Lipinski definition) is 5. The van der Waals surface area contributed by atoms with E-state index in [-0.39, 0.29) is 6.04 Å². The summed E-state index contributed by atoms with van der Waals surface area (Å²) in [4.78, 5) is 5.00. The molecule has 1 aromatic carbocycles. The summed E-state index contributed by atoms with van der Waals surface area (Å²) < 4.78 is 31.9. The smallest absolute Gasteiger partial charge is 0.211 e. The highest BCUT2D eigenvalue weighted by Crippen LogP contribution is 2.45. The molecule has 0 N–H and O–H groups in total. The molecule has 4 rings (SSSR count). The Labute approximate surface area is 156 Å².